The number of ether oxygens (including phenoxy) is 2. The van der Waals surface area contributed by atoms with Gasteiger partial charge in [0.2, 0.25) is 10.1 Å². The number of hydrogen-bond donors (Lipinski definition) is 2. The average molecular weight is 514 g/mol. The van der Waals surface area contributed by atoms with E-state index < -0.39 is 5.91 Å². The predicted molar refractivity (Wildman–Crippen MR) is 129 cm³/mol. The van der Waals surface area contributed by atoms with Crippen LogP contribution in [0.5, 0.6) is 5.75 Å². The Morgan fingerprint density at radius 2 is 2.09 bits per heavy atom. The SMILES string of the molecule is COc1cnc(Cl)cc1-c1cc(C)ncc1C(=O)Nc1nn2cc(C(=O)N[C@@H]3CCOC3)nc2s1. The minimum Gasteiger partial charge on any atom is -0.494 e. The number of halogens is 1. The lowest BCUT2D eigenvalue weighted by atomic mass is 10.0. The first-order valence-corrected chi connectivity index (χ1v) is 11.8. The third-order valence-corrected chi connectivity index (χ3v) is 6.44. The van der Waals surface area contributed by atoms with Crippen molar-refractivity contribution in [2.24, 2.45) is 0 Å². The highest BCUT2D eigenvalue weighted by atomic mass is 35.5. The Balaban J connectivity index is 1.38. The number of carbonyl (C=O) groups is 2. The summed E-state index contributed by atoms with van der Waals surface area (Å²) in [7, 11) is 1.52. The largest absolute Gasteiger partial charge is 0.494 e. The molecule has 1 aliphatic heterocycles. The summed E-state index contributed by atoms with van der Waals surface area (Å²) in [6.45, 7) is 2.95. The highest BCUT2D eigenvalue weighted by Crippen LogP contribution is 2.34. The van der Waals surface area contributed by atoms with Crippen molar-refractivity contribution in [1.82, 2.24) is 29.9 Å². The maximum Gasteiger partial charge on any atom is 0.271 e. The number of imidazole rings is 1. The van der Waals surface area contributed by atoms with Gasteiger partial charge in [0.25, 0.3) is 11.8 Å². The zero-order chi connectivity index (χ0) is 24.5. The van der Waals surface area contributed by atoms with Gasteiger partial charge in [-0.2, -0.15) is 0 Å². The molecule has 2 N–H and O–H groups in total. The Kier molecular flexibility index (Phi) is 6.32. The number of fused-ring (bicyclic) bond motifs is 1. The van der Waals surface area contributed by atoms with Gasteiger partial charge in [-0.3, -0.25) is 19.9 Å². The molecule has 0 aliphatic carbocycles. The highest BCUT2D eigenvalue weighted by Gasteiger charge is 2.22. The third-order valence-electron chi connectivity index (χ3n) is 5.39. The van der Waals surface area contributed by atoms with Crippen LogP contribution in [0.4, 0.5) is 5.13 Å². The van der Waals surface area contributed by atoms with Gasteiger partial charge in [0.15, 0.2) is 0 Å². The second-order valence-corrected chi connectivity index (χ2v) is 9.17. The monoisotopic (exact) mass is 513 g/mol. The summed E-state index contributed by atoms with van der Waals surface area (Å²) in [6, 6.07) is 3.39. The first-order chi connectivity index (χ1) is 16.9. The molecule has 0 bridgehead atoms. The fraction of sp³-hybridized carbons (Fsp3) is 0.273. The molecule has 0 saturated carbocycles. The second kappa shape index (κ2) is 9.56. The van der Waals surface area contributed by atoms with Gasteiger partial charge in [0.05, 0.1) is 37.7 Å². The molecule has 2 amide bonds. The minimum atomic E-state index is -0.418. The van der Waals surface area contributed by atoms with E-state index in [9.17, 15) is 9.59 Å². The summed E-state index contributed by atoms with van der Waals surface area (Å²) < 4.78 is 12.2. The molecule has 4 aromatic heterocycles. The lowest BCUT2D eigenvalue weighted by Gasteiger charge is -2.13. The van der Waals surface area contributed by atoms with Crippen LogP contribution in [-0.4, -0.2) is 62.7 Å². The molecule has 1 aliphatic rings. The summed E-state index contributed by atoms with van der Waals surface area (Å²) in [6.07, 6.45) is 5.28. The van der Waals surface area contributed by atoms with E-state index in [-0.39, 0.29) is 22.8 Å². The number of anilines is 1. The number of nitrogens with one attached hydrogen (secondary N) is 2. The molecular formula is C22H20ClN7O4S. The molecular weight excluding hydrogens is 494 g/mol. The van der Waals surface area contributed by atoms with E-state index in [1.807, 2.05) is 6.92 Å². The van der Waals surface area contributed by atoms with Crippen LogP contribution in [0.15, 0.2) is 30.7 Å². The van der Waals surface area contributed by atoms with Gasteiger partial charge in [0.1, 0.15) is 16.6 Å². The van der Waals surface area contributed by atoms with Crippen LogP contribution >= 0.6 is 22.9 Å². The molecule has 1 fully saturated rings. The number of amides is 2. The number of hydrogen-bond acceptors (Lipinski definition) is 9. The van der Waals surface area contributed by atoms with Crippen molar-refractivity contribution in [3.05, 3.63) is 52.8 Å². The Morgan fingerprint density at radius 3 is 2.83 bits per heavy atom. The van der Waals surface area contributed by atoms with Gasteiger partial charge >= 0.3 is 0 Å². The van der Waals surface area contributed by atoms with Gasteiger partial charge in [-0.05, 0) is 25.5 Å². The molecule has 1 saturated heterocycles. The molecule has 11 nitrogen and oxygen atoms in total. The summed E-state index contributed by atoms with van der Waals surface area (Å²) in [4.78, 5) is 38.7. The van der Waals surface area contributed by atoms with E-state index in [4.69, 9.17) is 21.1 Å². The molecule has 0 unspecified atom stereocenters. The maximum atomic E-state index is 13.2. The fourth-order valence-electron chi connectivity index (χ4n) is 3.69. The second-order valence-electron chi connectivity index (χ2n) is 7.83. The zero-order valence-corrected chi connectivity index (χ0v) is 20.3. The summed E-state index contributed by atoms with van der Waals surface area (Å²) in [5, 5.41) is 10.6. The van der Waals surface area contributed by atoms with E-state index in [1.54, 1.807) is 12.1 Å². The van der Waals surface area contributed by atoms with Crippen molar-refractivity contribution in [1.29, 1.82) is 0 Å². The van der Waals surface area contributed by atoms with Crippen molar-refractivity contribution in [3.63, 3.8) is 0 Å². The summed E-state index contributed by atoms with van der Waals surface area (Å²) in [5.41, 5.74) is 2.48. The average Bonchev–Trinajstić information content (AvgIpc) is 3.56. The quantitative estimate of drug-likeness (QED) is 0.376. The fourth-order valence-corrected chi connectivity index (χ4v) is 4.62. The first kappa shape index (κ1) is 23.1. The molecule has 180 valence electrons. The summed E-state index contributed by atoms with van der Waals surface area (Å²) in [5.74, 6) is -0.237. The van der Waals surface area contributed by atoms with E-state index in [2.05, 4.69) is 30.7 Å². The minimum absolute atomic E-state index is 0.0174. The number of aryl methyl sites for hydroxylation is 1. The van der Waals surface area contributed by atoms with Crippen molar-refractivity contribution in [3.8, 4) is 16.9 Å². The van der Waals surface area contributed by atoms with Gasteiger partial charge in [-0.15, -0.1) is 5.10 Å². The zero-order valence-electron chi connectivity index (χ0n) is 18.7. The highest BCUT2D eigenvalue weighted by molar-refractivity contribution is 7.20. The number of nitrogens with zero attached hydrogens (tertiary/aromatic N) is 5. The van der Waals surface area contributed by atoms with Crippen LogP contribution in [0.2, 0.25) is 5.15 Å². The molecule has 0 aromatic carbocycles. The predicted octanol–water partition coefficient (Wildman–Crippen LogP) is 2.99. The standard InChI is InChI=1S/C22H20ClN7O4S/c1-11-5-13(14-6-18(23)25-8-17(14)33-2)15(7-24-11)19(31)28-21-29-30-9-16(27-22(30)35-21)20(32)26-12-3-4-34-10-12/h5-9,12H,3-4,10H2,1-2H3,(H,26,32)(H,28,29,31)/t12-/m1/s1. The van der Waals surface area contributed by atoms with E-state index in [1.165, 1.54) is 30.2 Å². The number of rotatable bonds is 6. The summed E-state index contributed by atoms with van der Waals surface area (Å²) >= 11 is 7.25. The molecule has 5 heterocycles. The molecule has 0 spiro atoms. The maximum absolute atomic E-state index is 13.2. The third kappa shape index (κ3) is 4.81. The topological polar surface area (TPSA) is 133 Å². The van der Waals surface area contributed by atoms with Crippen LogP contribution in [0.3, 0.4) is 0 Å². The van der Waals surface area contributed by atoms with Gasteiger partial charge in [-0.1, -0.05) is 22.9 Å². The number of carbonyl (C=O) groups excluding carboxylic acids is 2. The van der Waals surface area contributed by atoms with E-state index >= 15 is 0 Å². The molecule has 1 atom stereocenters. The van der Waals surface area contributed by atoms with Gasteiger partial charge < -0.3 is 14.8 Å². The molecule has 5 rings (SSSR count). The molecule has 35 heavy (non-hydrogen) atoms. The van der Waals surface area contributed by atoms with Gasteiger partial charge in [-0.25, -0.2) is 14.5 Å². The number of pyridine rings is 2. The number of methoxy groups -OCH3 is 1. The van der Waals surface area contributed by atoms with Crippen molar-refractivity contribution in [2.45, 2.75) is 19.4 Å². The lowest BCUT2D eigenvalue weighted by Crippen LogP contribution is -2.35. The Labute approximate surface area is 208 Å². The number of aromatic nitrogens is 5. The molecule has 13 heteroatoms. The van der Waals surface area contributed by atoms with Crippen LogP contribution in [-0.2, 0) is 4.74 Å². The van der Waals surface area contributed by atoms with E-state index in [0.29, 0.717) is 51.4 Å². The van der Waals surface area contributed by atoms with Crippen molar-refractivity contribution < 1.29 is 19.1 Å². The Hall–Kier alpha value is -3.61. The molecule has 0 radical (unpaired) electrons. The van der Waals surface area contributed by atoms with Crippen LogP contribution < -0.4 is 15.4 Å². The van der Waals surface area contributed by atoms with E-state index in [0.717, 1.165) is 17.8 Å². The van der Waals surface area contributed by atoms with Crippen LogP contribution in [0.1, 0.15) is 33.0 Å². The van der Waals surface area contributed by atoms with Crippen LogP contribution in [0, 0.1) is 6.92 Å². The Morgan fingerprint density at radius 1 is 1.23 bits per heavy atom. The van der Waals surface area contributed by atoms with Crippen molar-refractivity contribution >= 4 is 44.8 Å². The first-order valence-electron chi connectivity index (χ1n) is 10.6. The van der Waals surface area contributed by atoms with Crippen LogP contribution in [0.25, 0.3) is 16.1 Å². The van der Waals surface area contributed by atoms with Gasteiger partial charge in [0, 0.05) is 29.6 Å². The Bertz CT molecular complexity index is 1400. The normalized spacial score (nSPS) is 15.3. The molecule has 4 aromatic rings. The van der Waals surface area contributed by atoms with Crippen molar-refractivity contribution in [2.75, 3.05) is 25.6 Å². The lowest BCUT2D eigenvalue weighted by molar-refractivity contribution is 0.0924. The smallest absolute Gasteiger partial charge is 0.271 e.